The topological polar surface area (TPSA) is 131 Å². The van der Waals surface area contributed by atoms with E-state index in [1.54, 1.807) is 4.72 Å². The van der Waals surface area contributed by atoms with Crippen LogP contribution in [-0.2, 0) is 21.4 Å². The third-order valence-corrected chi connectivity index (χ3v) is 4.21. The number of aliphatic carboxylic acids is 1. The molecule has 0 aliphatic rings. The number of amides is 1. The second-order valence-electron chi connectivity index (χ2n) is 4.54. The number of aryl methyl sites for hydroxylation is 1. The number of carboxylic acids is 1. The quantitative estimate of drug-likeness (QED) is 0.777. The summed E-state index contributed by atoms with van der Waals surface area (Å²) in [6.07, 6.45) is 0.997. The number of carbonyl (C=O) groups excluding carboxylic acids is 1. The van der Waals surface area contributed by atoms with Gasteiger partial charge in [-0.3, -0.25) is 9.59 Å². The molecule has 0 bridgehead atoms. The van der Waals surface area contributed by atoms with Gasteiger partial charge in [0.05, 0.1) is 11.1 Å². The monoisotopic (exact) mass is 342 g/mol. The Labute approximate surface area is 129 Å². The highest BCUT2D eigenvalue weighted by Gasteiger charge is 2.22. The molecule has 0 saturated carbocycles. The number of nitrogens with zero attached hydrogens (tertiary/aromatic N) is 3. The first-order valence-electron chi connectivity index (χ1n) is 6.14. The van der Waals surface area contributed by atoms with Gasteiger partial charge in [0.2, 0.25) is 0 Å². The fourth-order valence-corrected chi connectivity index (χ4v) is 2.95. The first-order valence-corrected chi connectivity index (χ1v) is 7.62. The Hall–Kier alpha value is -2.82. The van der Waals surface area contributed by atoms with E-state index in [-0.39, 0.29) is 16.2 Å². The summed E-state index contributed by atoms with van der Waals surface area (Å²) in [5.74, 6) is -2.88. The van der Waals surface area contributed by atoms with Gasteiger partial charge in [0.25, 0.3) is 15.9 Å². The van der Waals surface area contributed by atoms with Crippen LogP contribution < -0.4 is 4.72 Å². The minimum Gasteiger partial charge on any atom is -0.480 e. The van der Waals surface area contributed by atoms with Crippen LogP contribution in [0.5, 0.6) is 0 Å². The molecule has 0 aliphatic carbocycles. The van der Waals surface area contributed by atoms with Crippen molar-refractivity contribution in [2.45, 2.75) is 18.4 Å². The summed E-state index contributed by atoms with van der Waals surface area (Å²) in [6.45, 7) is 0.857. The summed E-state index contributed by atoms with van der Waals surface area (Å²) in [6, 6.07) is 3.00. The normalized spacial score (nSPS) is 11.2. The number of carboxylic acid groups (broad SMARTS) is 1. The Morgan fingerprint density at radius 1 is 1.39 bits per heavy atom. The second kappa shape index (κ2) is 6.12. The summed E-state index contributed by atoms with van der Waals surface area (Å²) in [5, 5.41) is 15.4. The van der Waals surface area contributed by atoms with Crippen molar-refractivity contribution in [1.29, 1.82) is 0 Å². The van der Waals surface area contributed by atoms with Gasteiger partial charge >= 0.3 is 5.97 Å². The van der Waals surface area contributed by atoms with Crippen LogP contribution in [0.2, 0.25) is 0 Å². The SMILES string of the molecule is Cc1cc(F)ccc1S(=O)(=O)NC(=O)c1cn(CC(=O)O)nn1. The van der Waals surface area contributed by atoms with Crippen molar-refractivity contribution in [3.05, 3.63) is 41.5 Å². The van der Waals surface area contributed by atoms with E-state index >= 15 is 0 Å². The van der Waals surface area contributed by atoms with E-state index in [1.807, 2.05) is 0 Å². The molecule has 122 valence electrons. The van der Waals surface area contributed by atoms with Gasteiger partial charge in [-0.25, -0.2) is 22.2 Å². The summed E-state index contributed by atoms with van der Waals surface area (Å²) >= 11 is 0. The van der Waals surface area contributed by atoms with Gasteiger partial charge in [-0.1, -0.05) is 5.21 Å². The summed E-state index contributed by atoms with van der Waals surface area (Å²) < 4.78 is 39.9. The minimum absolute atomic E-state index is 0.125. The molecule has 1 amide bonds. The molecule has 0 spiro atoms. The Morgan fingerprint density at radius 2 is 2.09 bits per heavy atom. The largest absolute Gasteiger partial charge is 0.480 e. The van der Waals surface area contributed by atoms with Crippen molar-refractivity contribution in [2.75, 3.05) is 0 Å². The number of hydrogen-bond acceptors (Lipinski definition) is 6. The Kier molecular flexibility index (Phi) is 4.40. The molecule has 0 fully saturated rings. The standard InChI is InChI=1S/C12H11FN4O5S/c1-7-4-8(13)2-3-10(7)23(21,22)15-12(20)9-5-17(16-14-9)6-11(18)19/h2-5H,6H2,1H3,(H,15,20)(H,18,19). The zero-order chi connectivity index (χ0) is 17.2. The fraction of sp³-hybridized carbons (Fsp3) is 0.167. The molecule has 0 atom stereocenters. The highest BCUT2D eigenvalue weighted by Crippen LogP contribution is 2.16. The van der Waals surface area contributed by atoms with Gasteiger partial charge in [0, 0.05) is 0 Å². The second-order valence-corrected chi connectivity index (χ2v) is 6.19. The van der Waals surface area contributed by atoms with E-state index in [0.717, 1.165) is 29.1 Å². The van der Waals surface area contributed by atoms with Gasteiger partial charge in [-0.2, -0.15) is 0 Å². The van der Waals surface area contributed by atoms with Crippen LogP contribution >= 0.6 is 0 Å². The van der Waals surface area contributed by atoms with Gasteiger partial charge < -0.3 is 5.11 Å². The number of hydrogen-bond donors (Lipinski definition) is 2. The van der Waals surface area contributed by atoms with E-state index in [2.05, 4.69) is 10.3 Å². The van der Waals surface area contributed by atoms with Crippen LogP contribution in [0.25, 0.3) is 0 Å². The Balaban J connectivity index is 2.21. The molecule has 0 radical (unpaired) electrons. The summed E-state index contributed by atoms with van der Waals surface area (Å²) in [4.78, 5) is 22.1. The summed E-state index contributed by atoms with van der Waals surface area (Å²) in [7, 11) is -4.23. The van der Waals surface area contributed by atoms with Crippen molar-refractivity contribution in [3.8, 4) is 0 Å². The number of nitrogens with one attached hydrogen (secondary N) is 1. The van der Waals surface area contributed by atoms with Crippen LogP contribution in [0.4, 0.5) is 4.39 Å². The highest BCUT2D eigenvalue weighted by atomic mass is 32.2. The Bertz CT molecular complexity index is 877. The molecule has 1 aromatic carbocycles. The van der Waals surface area contributed by atoms with Gasteiger partial charge in [0.15, 0.2) is 5.69 Å². The van der Waals surface area contributed by atoms with E-state index < -0.39 is 34.3 Å². The molecule has 0 aliphatic heterocycles. The molecular formula is C12H11FN4O5S. The lowest BCUT2D eigenvalue weighted by Gasteiger charge is -2.08. The molecule has 2 aromatic rings. The molecule has 11 heteroatoms. The van der Waals surface area contributed by atoms with Crippen molar-refractivity contribution >= 4 is 21.9 Å². The van der Waals surface area contributed by atoms with Crippen LogP contribution in [-0.4, -0.2) is 40.4 Å². The smallest absolute Gasteiger partial charge is 0.325 e. The molecule has 9 nitrogen and oxygen atoms in total. The van der Waals surface area contributed by atoms with Crippen LogP contribution in [0.1, 0.15) is 16.1 Å². The predicted molar refractivity (Wildman–Crippen MR) is 73.4 cm³/mol. The third-order valence-electron chi connectivity index (χ3n) is 2.72. The van der Waals surface area contributed by atoms with E-state index in [4.69, 9.17) is 5.11 Å². The van der Waals surface area contributed by atoms with Crippen LogP contribution in [0, 0.1) is 12.7 Å². The number of rotatable bonds is 5. The summed E-state index contributed by atoms with van der Waals surface area (Å²) in [5.41, 5.74) is -0.241. The van der Waals surface area contributed by atoms with Crippen molar-refractivity contribution in [2.24, 2.45) is 0 Å². The molecule has 1 heterocycles. The lowest BCUT2D eigenvalue weighted by atomic mass is 10.2. The molecule has 23 heavy (non-hydrogen) atoms. The number of carbonyl (C=O) groups is 2. The number of benzene rings is 1. The minimum atomic E-state index is -4.23. The maximum absolute atomic E-state index is 13.0. The van der Waals surface area contributed by atoms with Gasteiger partial charge in [-0.05, 0) is 30.7 Å². The molecule has 0 unspecified atom stereocenters. The van der Waals surface area contributed by atoms with Gasteiger partial charge in [0.1, 0.15) is 12.4 Å². The van der Waals surface area contributed by atoms with Gasteiger partial charge in [-0.15, -0.1) is 5.10 Å². The van der Waals surface area contributed by atoms with E-state index in [9.17, 15) is 22.4 Å². The van der Waals surface area contributed by atoms with E-state index in [0.29, 0.717) is 0 Å². The zero-order valence-corrected chi connectivity index (χ0v) is 12.5. The maximum Gasteiger partial charge on any atom is 0.325 e. The van der Waals surface area contributed by atoms with Crippen LogP contribution in [0.3, 0.4) is 0 Å². The van der Waals surface area contributed by atoms with Crippen molar-refractivity contribution in [3.63, 3.8) is 0 Å². The number of halogens is 1. The molecule has 1 aromatic heterocycles. The maximum atomic E-state index is 13.0. The van der Waals surface area contributed by atoms with E-state index in [1.165, 1.54) is 6.92 Å². The fourth-order valence-electron chi connectivity index (χ4n) is 1.76. The first-order chi connectivity index (χ1) is 10.7. The molecule has 2 N–H and O–H groups in total. The number of sulfonamides is 1. The third kappa shape index (κ3) is 3.88. The lowest BCUT2D eigenvalue weighted by molar-refractivity contribution is -0.137. The van der Waals surface area contributed by atoms with Crippen molar-refractivity contribution < 1.29 is 27.5 Å². The average molecular weight is 342 g/mol. The number of aromatic nitrogens is 3. The lowest BCUT2D eigenvalue weighted by Crippen LogP contribution is -2.31. The highest BCUT2D eigenvalue weighted by molar-refractivity contribution is 7.90. The molecular weight excluding hydrogens is 331 g/mol. The Morgan fingerprint density at radius 3 is 2.70 bits per heavy atom. The average Bonchev–Trinajstić information content (AvgIpc) is 2.85. The predicted octanol–water partition coefficient (Wildman–Crippen LogP) is -0.0711. The molecule has 2 rings (SSSR count). The molecule has 0 saturated heterocycles. The zero-order valence-electron chi connectivity index (χ0n) is 11.7. The van der Waals surface area contributed by atoms with Crippen LogP contribution in [0.15, 0.2) is 29.3 Å². The van der Waals surface area contributed by atoms with Crippen molar-refractivity contribution in [1.82, 2.24) is 19.7 Å². The first kappa shape index (κ1) is 16.5.